The van der Waals surface area contributed by atoms with Crippen LogP contribution in [0.5, 0.6) is 0 Å². The summed E-state index contributed by atoms with van der Waals surface area (Å²) in [7, 11) is 0. The van der Waals surface area contributed by atoms with Crippen LogP contribution in [0.3, 0.4) is 0 Å². The smallest absolute Gasteiger partial charge is 0.323 e. The lowest BCUT2D eigenvalue weighted by Gasteiger charge is -2.44. The summed E-state index contributed by atoms with van der Waals surface area (Å²) in [5, 5.41) is 0. The van der Waals surface area contributed by atoms with Crippen molar-refractivity contribution in [1.82, 2.24) is 0 Å². The van der Waals surface area contributed by atoms with E-state index >= 15 is 0 Å². The summed E-state index contributed by atoms with van der Waals surface area (Å²) in [4.78, 5) is 37.7. The van der Waals surface area contributed by atoms with Crippen LogP contribution in [0.15, 0.2) is 12.7 Å². The molecule has 5 nitrogen and oxygen atoms in total. The first-order chi connectivity index (χ1) is 13.0. The number of allylic oxidation sites excluding steroid dienone is 1. The predicted molar refractivity (Wildman–Crippen MR) is 107 cm³/mol. The van der Waals surface area contributed by atoms with Gasteiger partial charge in [-0.15, -0.1) is 6.58 Å². The third kappa shape index (κ3) is 5.03. The number of ketones is 1. The summed E-state index contributed by atoms with van der Waals surface area (Å²) in [6.45, 7) is 11.8. The SMILES string of the molecule is C=CC1CCC(C(=O)OCC(C)(C(C)=O)C(=O)OC(C)(C)C)C2CCCCC12. The largest absolute Gasteiger partial charge is 0.464 e. The van der Waals surface area contributed by atoms with Crippen molar-refractivity contribution in [3.05, 3.63) is 12.7 Å². The fourth-order valence-electron chi connectivity index (χ4n) is 4.62. The summed E-state index contributed by atoms with van der Waals surface area (Å²) in [6, 6.07) is 0. The van der Waals surface area contributed by atoms with Gasteiger partial charge < -0.3 is 9.47 Å². The van der Waals surface area contributed by atoms with Gasteiger partial charge in [-0.1, -0.05) is 18.9 Å². The number of carbonyl (C=O) groups is 3. The van der Waals surface area contributed by atoms with Crippen molar-refractivity contribution in [2.45, 2.75) is 78.7 Å². The van der Waals surface area contributed by atoms with Crippen LogP contribution in [0, 0.1) is 29.1 Å². The molecule has 0 bridgehead atoms. The molecule has 2 aliphatic rings. The monoisotopic (exact) mass is 392 g/mol. The number of fused-ring (bicyclic) bond motifs is 1. The molecule has 5 heteroatoms. The fraction of sp³-hybridized carbons (Fsp3) is 0.783. The molecule has 0 aromatic carbocycles. The molecular weight excluding hydrogens is 356 g/mol. The number of carbonyl (C=O) groups excluding carboxylic acids is 3. The first-order valence-corrected chi connectivity index (χ1v) is 10.5. The first-order valence-electron chi connectivity index (χ1n) is 10.5. The van der Waals surface area contributed by atoms with E-state index in [4.69, 9.17) is 9.47 Å². The molecule has 0 heterocycles. The normalized spacial score (nSPS) is 29.8. The van der Waals surface area contributed by atoms with Crippen molar-refractivity contribution in [2.75, 3.05) is 6.61 Å². The molecule has 5 atom stereocenters. The van der Waals surface area contributed by atoms with Gasteiger partial charge in [-0.3, -0.25) is 14.4 Å². The van der Waals surface area contributed by atoms with Gasteiger partial charge in [-0.2, -0.15) is 0 Å². The van der Waals surface area contributed by atoms with E-state index in [1.54, 1.807) is 20.8 Å². The summed E-state index contributed by atoms with van der Waals surface area (Å²) < 4.78 is 11.0. The number of ether oxygens (including phenoxy) is 2. The molecular formula is C23H36O5. The lowest BCUT2D eigenvalue weighted by molar-refractivity contribution is -0.176. The standard InChI is InChI=1S/C23H36O5/c1-7-16-12-13-19(18-11-9-8-10-17(16)18)20(25)27-14-23(6,15(2)24)21(26)28-22(3,4)5/h7,16-19H,1,8-14H2,2-6H3. The Kier molecular flexibility index (Phi) is 7.11. The van der Waals surface area contributed by atoms with Crippen molar-refractivity contribution in [1.29, 1.82) is 0 Å². The molecule has 2 rings (SSSR count). The van der Waals surface area contributed by atoms with Crippen LogP contribution in [-0.4, -0.2) is 29.9 Å². The Labute approximate surface area is 169 Å². The van der Waals surface area contributed by atoms with Crippen molar-refractivity contribution in [2.24, 2.45) is 29.1 Å². The molecule has 0 aromatic rings. The average molecular weight is 393 g/mol. The second-order valence-corrected chi connectivity index (χ2v) is 9.69. The fourth-order valence-corrected chi connectivity index (χ4v) is 4.62. The molecule has 5 unspecified atom stereocenters. The highest BCUT2D eigenvalue weighted by molar-refractivity contribution is 6.02. The first kappa shape index (κ1) is 22.6. The van der Waals surface area contributed by atoms with E-state index in [9.17, 15) is 14.4 Å². The van der Waals surface area contributed by atoms with Crippen LogP contribution in [0.1, 0.15) is 73.1 Å². The van der Waals surface area contributed by atoms with Crippen LogP contribution < -0.4 is 0 Å². The van der Waals surface area contributed by atoms with Gasteiger partial charge in [-0.05, 0) is 78.1 Å². The van der Waals surface area contributed by atoms with Crippen molar-refractivity contribution >= 4 is 17.7 Å². The molecule has 0 aliphatic heterocycles. The number of Topliss-reactive ketones (excluding diaryl/α,β-unsaturated/α-hetero) is 1. The van der Waals surface area contributed by atoms with Gasteiger partial charge in [-0.25, -0.2) is 0 Å². The Hall–Kier alpha value is -1.65. The van der Waals surface area contributed by atoms with E-state index in [0.717, 1.165) is 32.1 Å². The van der Waals surface area contributed by atoms with Gasteiger partial charge >= 0.3 is 11.9 Å². The zero-order valence-electron chi connectivity index (χ0n) is 18.1. The zero-order chi connectivity index (χ0) is 21.1. The summed E-state index contributed by atoms with van der Waals surface area (Å²) in [6.07, 6.45) is 8.27. The van der Waals surface area contributed by atoms with Crippen molar-refractivity contribution in [3.8, 4) is 0 Å². The molecule has 0 spiro atoms. The predicted octanol–water partition coefficient (Wildman–Crippen LogP) is 4.49. The molecule has 158 valence electrons. The van der Waals surface area contributed by atoms with Gasteiger partial charge in [0.2, 0.25) is 0 Å². The zero-order valence-corrected chi connectivity index (χ0v) is 18.1. The quantitative estimate of drug-likeness (QED) is 0.378. The third-order valence-corrected chi connectivity index (χ3v) is 6.49. The number of hydrogen-bond donors (Lipinski definition) is 0. The molecule has 2 saturated carbocycles. The second kappa shape index (κ2) is 8.79. The molecule has 0 N–H and O–H groups in total. The number of esters is 2. The van der Waals surface area contributed by atoms with Crippen LogP contribution in [0.25, 0.3) is 0 Å². The minimum atomic E-state index is -1.48. The van der Waals surface area contributed by atoms with Crippen molar-refractivity contribution in [3.63, 3.8) is 0 Å². The average Bonchev–Trinajstić information content (AvgIpc) is 2.63. The Morgan fingerprint density at radius 1 is 1.00 bits per heavy atom. The lowest BCUT2D eigenvalue weighted by atomic mass is 9.61. The van der Waals surface area contributed by atoms with Gasteiger partial charge in [0.05, 0.1) is 5.92 Å². The topological polar surface area (TPSA) is 69.7 Å². The van der Waals surface area contributed by atoms with Gasteiger partial charge in [0.25, 0.3) is 0 Å². The molecule has 2 fully saturated rings. The Morgan fingerprint density at radius 3 is 2.14 bits per heavy atom. The molecule has 28 heavy (non-hydrogen) atoms. The van der Waals surface area contributed by atoms with E-state index in [0.29, 0.717) is 17.8 Å². The lowest BCUT2D eigenvalue weighted by Crippen LogP contribution is -2.46. The minimum absolute atomic E-state index is 0.156. The van der Waals surface area contributed by atoms with E-state index in [1.807, 2.05) is 6.08 Å². The summed E-state index contributed by atoms with van der Waals surface area (Å²) in [5.74, 6) is -0.178. The van der Waals surface area contributed by atoms with E-state index < -0.39 is 17.0 Å². The number of rotatable bonds is 6. The van der Waals surface area contributed by atoms with E-state index in [2.05, 4.69) is 6.58 Å². The van der Waals surface area contributed by atoms with E-state index in [-0.39, 0.29) is 24.3 Å². The molecule has 0 radical (unpaired) electrons. The highest BCUT2D eigenvalue weighted by Gasteiger charge is 2.46. The van der Waals surface area contributed by atoms with Crippen LogP contribution >= 0.6 is 0 Å². The molecule has 0 aromatic heterocycles. The van der Waals surface area contributed by atoms with Crippen LogP contribution in [0.2, 0.25) is 0 Å². The summed E-state index contributed by atoms with van der Waals surface area (Å²) in [5.41, 5.74) is -2.19. The third-order valence-electron chi connectivity index (χ3n) is 6.49. The van der Waals surface area contributed by atoms with E-state index in [1.165, 1.54) is 20.3 Å². The maximum atomic E-state index is 12.9. The minimum Gasteiger partial charge on any atom is -0.464 e. The van der Waals surface area contributed by atoms with Gasteiger partial charge in [0, 0.05) is 0 Å². The van der Waals surface area contributed by atoms with Gasteiger partial charge in [0.1, 0.15) is 18.0 Å². The molecule has 0 amide bonds. The van der Waals surface area contributed by atoms with Gasteiger partial charge in [0.15, 0.2) is 5.41 Å². The Bertz CT molecular complexity index is 617. The Morgan fingerprint density at radius 2 is 1.61 bits per heavy atom. The highest BCUT2D eigenvalue weighted by atomic mass is 16.6. The van der Waals surface area contributed by atoms with Crippen LogP contribution in [0.4, 0.5) is 0 Å². The summed E-state index contributed by atoms with van der Waals surface area (Å²) >= 11 is 0. The highest BCUT2D eigenvalue weighted by Crippen LogP contribution is 2.47. The Balaban J connectivity index is 2.07. The second-order valence-electron chi connectivity index (χ2n) is 9.69. The molecule has 2 aliphatic carbocycles. The maximum absolute atomic E-state index is 12.9. The van der Waals surface area contributed by atoms with Crippen LogP contribution in [-0.2, 0) is 23.9 Å². The maximum Gasteiger partial charge on any atom is 0.323 e. The number of hydrogen-bond acceptors (Lipinski definition) is 5. The van der Waals surface area contributed by atoms with Crippen molar-refractivity contribution < 1.29 is 23.9 Å². The molecule has 0 saturated heterocycles.